The topological polar surface area (TPSA) is 55.8 Å². The summed E-state index contributed by atoms with van der Waals surface area (Å²) in [6, 6.07) is 11.4. The average molecular weight is 348 g/mol. The fourth-order valence-corrected chi connectivity index (χ4v) is 3.71. The largest absolute Gasteiger partial charge is 0.507 e. The second kappa shape index (κ2) is 7.87. The van der Waals surface area contributed by atoms with Crippen LogP contribution in [-0.2, 0) is 15.5 Å². The van der Waals surface area contributed by atoms with Crippen molar-refractivity contribution in [3.8, 4) is 22.6 Å². The van der Waals surface area contributed by atoms with Crippen LogP contribution in [0.25, 0.3) is 11.1 Å². The number of benzene rings is 2. The highest BCUT2D eigenvalue weighted by atomic mass is 31.2. The van der Waals surface area contributed by atoms with Crippen molar-refractivity contribution in [2.45, 2.75) is 33.6 Å². The maximum Gasteiger partial charge on any atom is 0.376 e. The first-order valence-corrected chi connectivity index (χ1v) is 10.2. The molecule has 1 unspecified atom stereocenters. The van der Waals surface area contributed by atoms with Gasteiger partial charge in [-0.2, -0.15) is 0 Å². The van der Waals surface area contributed by atoms with E-state index in [0.717, 1.165) is 29.5 Å². The van der Waals surface area contributed by atoms with Crippen molar-refractivity contribution in [3.05, 3.63) is 47.5 Å². The van der Waals surface area contributed by atoms with Crippen LogP contribution in [0.4, 0.5) is 0 Å². The molecule has 0 bridgehead atoms. The number of hydrogen-bond acceptors (Lipinski definition) is 4. The van der Waals surface area contributed by atoms with Crippen LogP contribution in [-0.4, -0.2) is 18.4 Å². The quantitative estimate of drug-likeness (QED) is 0.666. The zero-order valence-electron chi connectivity index (χ0n) is 14.7. The summed E-state index contributed by atoms with van der Waals surface area (Å²) >= 11 is 0. The van der Waals surface area contributed by atoms with Crippen LogP contribution in [0.3, 0.4) is 0 Å². The molecule has 0 aromatic heterocycles. The van der Waals surface area contributed by atoms with Crippen LogP contribution >= 0.6 is 7.60 Å². The number of phenolic OH excluding ortho intramolecular Hbond substituents is 1. The molecule has 0 fully saturated rings. The maximum absolute atomic E-state index is 12.5. The number of aromatic hydroxyl groups is 1. The lowest BCUT2D eigenvalue weighted by Gasteiger charge is -2.19. The molecule has 24 heavy (non-hydrogen) atoms. The number of phenols is 1. The van der Waals surface area contributed by atoms with Crippen molar-refractivity contribution in [2.75, 3.05) is 13.3 Å². The molecule has 0 saturated heterocycles. The molecule has 2 rings (SSSR count). The Labute approximate surface area is 144 Å². The maximum atomic E-state index is 12.5. The summed E-state index contributed by atoms with van der Waals surface area (Å²) in [6.07, 6.45) is 1.75. The number of aryl methyl sites for hydroxylation is 2. The molecule has 4 nitrogen and oxygen atoms in total. The van der Waals surface area contributed by atoms with Crippen LogP contribution in [0.2, 0.25) is 0 Å². The van der Waals surface area contributed by atoms with Crippen LogP contribution in [0.5, 0.6) is 11.5 Å². The fourth-order valence-electron chi connectivity index (χ4n) is 2.69. The van der Waals surface area contributed by atoms with E-state index >= 15 is 0 Å². The van der Waals surface area contributed by atoms with Gasteiger partial charge in [-0.25, -0.2) is 4.57 Å². The average Bonchev–Trinajstić information content (AvgIpc) is 2.46. The lowest BCUT2D eigenvalue weighted by Crippen LogP contribution is -1.99. The summed E-state index contributed by atoms with van der Waals surface area (Å²) in [4.78, 5) is 0. The van der Waals surface area contributed by atoms with Gasteiger partial charge < -0.3 is 14.2 Å². The van der Waals surface area contributed by atoms with Crippen molar-refractivity contribution in [1.82, 2.24) is 0 Å². The Bertz CT molecular complexity index is 755. The van der Waals surface area contributed by atoms with Gasteiger partial charge in [-0.05, 0) is 43.5 Å². The Morgan fingerprint density at radius 1 is 1.17 bits per heavy atom. The Morgan fingerprint density at radius 3 is 2.54 bits per heavy atom. The van der Waals surface area contributed by atoms with Gasteiger partial charge in [-0.1, -0.05) is 43.2 Å². The minimum absolute atomic E-state index is 0.123. The molecule has 1 atom stereocenters. The molecule has 2 aromatic carbocycles. The van der Waals surface area contributed by atoms with Crippen LogP contribution < -0.4 is 4.52 Å². The van der Waals surface area contributed by atoms with Crippen molar-refractivity contribution in [2.24, 2.45) is 0 Å². The van der Waals surface area contributed by atoms with Gasteiger partial charge in [0, 0.05) is 6.66 Å². The molecular formula is C19H25O4P. The summed E-state index contributed by atoms with van der Waals surface area (Å²) in [6.45, 7) is 7.56. The van der Waals surface area contributed by atoms with E-state index in [0.29, 0.717) is 17.9 Å². The number of hydrogen-bond donors (Lipinski definition) is 1. The van der Waals surface area contributed by atoms with Crippen LogP contribution in [0.1, 0.15) is 31.4 Å². The first-order chi connectivity index (χ1) is 11.4. The smallest absolute Gasteiger partial charge is 0.376 e. The van der Waals surface area contributed by atoms with E-state index in [1.807, 2.05) is 37.3 Å². The highest BCUT2D eigenvalue weighted by Gasteiger charge is 2.22. The van der Waals surface area contributed by atoms with Crippen molar-refractivity contribution in [3.63, 3.8) is 0 Å². The van der Waals surface area contributed by atoms with Gasteiger partial charge >= 0.3 is 7.60 Å². The zero-order valence-corrected chi connectivity index (χ0v) is 15.6. The third-order valence-corrected chi connectivity index (χ3v) is 4.87. The number of rotatable bonds is 7. The van der Waals surface area contributed by atoms with E-state index in [-0.39, 0.29) is 5.75 Å². The lowest BCUT2D eigenvalue weighted by molar-refractivity contribution is 0.284. The SMILES string of the molecule is CCCc1cc(O)c(-c2cccc(C)c2)c(OP(C)(=O)OCC)c1. The normalized spacial score (nSPS) is 13.5. The van der Waals surface area contributed by atoms with Crippen LogP contribution in [0.15, 0.2) is 36.4 Å². The Kier molecular flexibility index (Phi) is 6.09. The molecule has 5 heteroatoms. The lowest BCUT2D eigenvalue weighted by atomic mass is 9.98. The molecule has 0 spiro atoms. The molecule has 1 N–H and O–H groups in total. The Hall–Kier alpha value is -1.77. The van der Waals surface area contributed by atoms with Gasteiger partial charge in [0.05, 0.1) is 12.2 Å². The van der Waals surface area contributed by atoms with Gasteiger partial charge in [0.15, 0.2) is 0 Å². The van der Waals surface area contributed by atoms with E-state index in [1.54, 1.807) is 13.0 Å². The monoisotopic (exact) mass is 348 g/mol. The molecule has 130 valence electrons. The van der Waals surface area contributed by atoms with Crippen molar-refractivity contribution < 1.29 is 18.7 Å². The first-order valence-electron chi connectivity index (χ1n) is 8.21. The van der Waals surface area contributed by atoms with Gasteiger partial charge in [0.1, 0.15) is 11.5 Å². The van der Waals surface area contributed by atoms with E-state index in [9.17, 15) is 9.67 Å². The first kappa shape index (κ1) is 18.6. The standard InChI is InChI=1S/C19H25O4P/c1-5-8-15-12-17(20)19(16-10-7-9-14(3)11-16)18(13-15)23-24(4,21)22-6-2/h7,9-13,20H,5-6,8H2,1-4H3. The molecule has 0 aliphatic rings. The van der Waals surface area contributed by atoms with Crippen molar-refractivity contribution in [1.29, 1.82) is 0 Å². The molecule has 0 saturated carbocycles. The molecule has 0 aliphatic carbocycles. The summed E-state index contributed by atoms with van der Waals surface area (Å²) in [5.74, 6) is 0.515. The summed E-state index contributed by atoms with van der Waals surface area (Å²) in [5.41, 5.74) is 3.38. The van der Waals surface area contributed by atoms with Crippen LogP contribution in [0, 0.1) is 6.92 Å². The van der Waals surface area contributed by atoms with E-state index in [1.165, 1.54) is 6.66 Å². The third kappa shape index (κ3) is 4.62. The van der Waals surface area contributed by atoms with E-state index in [2.05, 4.69) is 6.92 Å². The minimum atomic E-state index is -3.24. The van der Waals surface area contributed by atoms with Gasteiger partial charge in [-0.3, -0.25) is 0 Å². The van der Waals surface area contributed by atoms with E-state index < -0.39 is 7.60 Å². The van der Waals surface area contributed by atoms with Crippen molar-refractivity contribution >= 4 is 7.60 Å². The van der Waals surface area contributed by atoms with E-state index in [4.69, 9.17) is 9.05 Å². The summed E-state index contributed by atoms with van der Waals surface area (Å²) < 4.78 is 23.4. The fraction of sp³-hybridized carbons (Fsp3) is 0.368. The predicted molar refractivity (Wildman–Crippen MR) is 98.1 cm³/mol. The molecule has 0 radical (unpaired) electrons. The molecular weight excluding hydrogens is 323 g/mol. The predicted octanol–water partition coefficient (Wildman–Crippen LogP) is 5.56. The Morgan fingerprint density at radius 2 is 1.92 bits per heavy atom. The molecule has 0 heterocycles. The summed E-state index contributed by atoms with van der Waals surface area (Å²) in [5, 5.41) is 10.6. The molecule has 2 aromatic rings. The minimum Gasteiger partial charge on any atom is -0.507 e. The molecule has 0 amide bonds. The highest BCUT2D eigenvalue weighted by Crippen LogP contribution is 2.49. The molecule has 0 aliphatic heterocycles. The summed E-state index contributed by atoms with van der Waals surface area (Å²) in [7, 11) is -3.24. The van der Waals surface area contributed by atoms with Gasteiger partial charge in [0.2, 0.25) is 0 Å². The zero-order chi connectivity index (χ0) is 17.7. The Balaban J connectivity index is 2.57. The third-order valence-electron chi connectivity index (χ3n) is 3.61. The van der Waals surface area contributed by atoms with Gasteiger partial charge in [0.25, 0.3) is 0 Å². The second-order valence-corrected chi connectivity index (χ2v) is 7.87. The second-order valence-electron chi connectivity index (χ2n) is 5.89. The highest BCUT2D eigenvalue weighted by molar-refractivity contribution is 7.53. The van der Waals surface area contributed by atoms with Gasteiger partial charge in [-0.15, -0.1) is 0 Å².